The SMILES string of the molecule is COCCNCCNS(=O)(=O)c1ccc(Cl)c(Br)c1.Cl. The van der Waals surface area contributed by atoms with Gasteiger partial charge in [-0.3, -0.25) is 0 Å². The van der Waals surface area contributed by atoms with Gasteiger partial charge in [0.25, 0.3) is 0 Å². The highest BCUT2D eigenvalue weighted by Crippen LogP contribution is 2.25. The van der Waals surface area contributed by atoms with Gasteiger partial charge in [0.2, 0.25) is 10.0 Å². The molecule has 2 N–H and O–H groups in total. The predicted molar refractivity (Wildman–Crippen MR) is 86.3 cm³/mol. The molecule has 0 aliphatic carbocycles. The number of rotatable bonds is 8. The zero-order valence-electron chi connectivity index (χ0n) is 10.9. The first-order valence-electron chi connectivity index (χ1n) is 5.62. The molecule has 1 aromatic carbocycles. The van der Waals surface area contributed by atoms with Gasteiger partial charge in [-0.05, 0) is 34.1 Å². The van der Waals surface area contributed by atoms with Crippen LogP contribution in [0.1, 0.15) is 0 Å². The smallest absolute Gasteiger partial charge is 0.240 e. The molecule has 0 saturated carbocycles. The highest BCUT2D eigenvalue weighted by molar-refractivity contribution is 9.10. The summed E-state index contributed by atoms with van der Waals surface area (Å²) in [6.07, 6.45) is 0. The predicted octanol–water partition coefficient (Wildman–Crippen LogP) is 2.04. The molecule has 116 valence electrons. The van der Waals surface area contributed by atoms with E-state index in [1.807, 2.05) is 0 Å². The van der Waals surface area contributed by atoms with Gasteiger partial charge in [0.1, 0.15) is 0 Å². The first kappa shape index (κ1) is 20.1. The van der Waals surface area contributed by atoms with E-state index in [1.165, 1.54) is 18.2 Å². The van der Waals surface area contributed by atoms with Gasteiger partial charge in [-0.1, -0.05) is 11.6 Å². The molecule has 0 unspecified atom stereocenters. The maximum Gasteiger partial charge on any atom is 0.240 e. The third kappa shape index (κ3) is 6.71. The highest BCUT2D eigenvalue weighted by Gasteiger charge is 2.14. The monoisotopic (exact) mass is 406 g/mol. The molecular weight excluding hydrogens is 391 g/mol. The second kappa shape index (κ2) is 9.94. The van der Waals surface area contributed by atoms with E-state index in [0.29, 0.717) is 35.7 Å². The lowest BCUT2D eigenvalue weighted by atomic mass is 10.4. The van der Waals surface area contributed by atoms with Crippen LogP contribution < -0.4 is 10.0 Å². The Balaban J connectivity index is 0.00000361. The van der Waals surface area contributed by atoms with Crippen LogP contribution in [-0.4, -0.2) is 41.8 Å². The number of sulfonamides is 1. The maximum absolute atomic E-state index is 12.0. The number of hydrogen-bond donors (Lipinski definition) is 2. The second-order valence-corrected chi connectivity index (χ2v) is 6.74. The normalized spacial score (nSPS) is 11.2. The third-order valence-electron chi connectivity index (χ3n) is 2.28. The fraction of sp³-hybridized carbons (Fsp3) is 0.455. The van der Waals surface area contributed by atoms with Crippen molar-refractivity contribution in [1.29, 1.82) is 0 Å². The van der Waals surface area contributed by atoms with Crippen LogP contribution in [0.3, 0.4) is 0 Å². The second-order valence-electron chi connectivity index (χ2n) is 3.72. The number of nitrogens with one attached hydrogen (secondary N) is 2. The molecular formula is C11H17BrCl2N2O3S. The summed E-state index contributed by atoms with van der Waals surface area (Å²) in [4.78, 5) is 0.181. The minimum atomic E-state index is -3.50. The zero-order chi connectivity index (χ0) is 14.3. The Morgan fingerprint density at radius 3 is 2.60 bits per heavy atom. The van der Waals surface area contributed by atoms with E-state index in [0.717, 1.165) is 0 Å². The molecule has 0 bridgehead atoms. The van der Waals surface area contributed by atoms with Crippen molar-refractivity contribution in [3.63, 3.8) is 0 Å². The molecule has 0 spiro atoms. The molecule has 0 aliphatic heterocycles. The fourth-order valence-corrected chi connectivity index (χ4v) is 3.01. The minimum absolute atomic E-state index is 0. The van der Waals surface area contributed by atoms with Gasteiger partial charge in [0.05, 0.1) is 16.5 Å². The first-order valence-corrected chi connectivity index (χ1v) is 8.27. The maximum atomic E-state index is 12.0. The fourth-order valence-electron chi connectivity index (χ4n) is 1.30. The van der Waals surface area contributed by atoms with Gasteiger partial charge >= 0.3 is 0 Å². The Morgan fingerprint density at radius 2 is 2.00 bits per heavy atom. The Hall–Kier alpha value is 0.110. The number of hydrogen-bond acceptors (Lipinski definition) is 4. The van der Waals surface area contributed by atoms with E-state index in [9.17, 15) is 8.42 Å². The molecule has 1 rings (SSSR count). The van der Waals surface area contributed by atoms with E-state index >= 15 is 0 Å². The summed E-state index contributed by atoms with van der Waals surface area (Å²) in [5.74, 6) is 0. The van der Waals surface area contributed by atoms with Gasteiger partial charge in [-0.15, -0.1) is 12.4 Å². The van der Waals surface area contributed by atoms with Crippen molar-refractivity contribution >= 4 is 50.0 Å². The van der Waals surface area contributed by atoms with Gasteiger partial charge in [0, 0.05) is 31.2 Å². The van der Waals surface area contributed by atoms with Crippen LogP contribution in [-0.2, 0) is 14.8 Å². The van der Waals surface area contributed by atoms with E-state index < -0.39 is 10.0 Å². The summed E-state index contributed by atoms with van der Waals surface area (Å²) in [7, 11) is -1.89. The van der Waals surface area contributed by atoms with Crippen LogP contribution in [0.5, 0.6) is 0 Å². The Morgan fingerprint density at radius 1 is 1.30 bits per heavy atom. The largest absolute Gasteiger partial charge is 0.383 e. The Bertz CT molecular complexity index is 514. The van der Waals surface area contributed by atoms with Crippen molar-refractivity contribution in [1.82, 2.24) is 10.0 Å². The number of halogens is 3. The molecule has 0 atom stereocenters. The molecule has 5 nitrogen and oxygen atoms in total. The summed E-state index contributed by atoms with van der Waals surface area (Å²) < 4.78 is 31.8. The molecule has 0 aliphatic rings. The molecule has 0 amide bonds. The summed E-state index contributed by atoms with van der Waals surface area (Å²) in [6, 6.07) is 4.48. The van der Waals surface area contributed by atoms with Crippen LogP contribution in [0.4, 0.5) is 0 Å². The molecule has 0 aromatic heterocycles. The molecule has 0 saturated heterocycles. The number of ether oxygens (including phenoxy) is 1. The zero-order valence-corrected chi connectivity index (χ0v) is 14.8. The van der Waals surface area contributed by atoms with E-state index in [-0.39, 0.29) is 17.3 Å². The van der Waals surface area contributed by atoms with Crippen molar-refractivity contribution in [2.75, 3.05) is 33.4 Å². The topological polar surface area (TPSA) is 67.4 Å². The van der Waals surface area contributed by atoms with Gasteiger partial charge in [0.15, 0.2) is 0 Å². The minimum Gasteiger partial charge on any atom is -0.383 e. The summed E-state index contributed by atoms with van der Waals surface area (Å²) >= 11 is 9.02. The van der Waals surface area contributed by atoms with E-state index in [4.69, 9.17) is 16.3 Å². The lowest BCUT2D eigenvalue weighted by Gasteiger charge is -2.08. The van der Waals surface area contributed by atoms with Gasteiger partial charge < -0.3 is 10.1 Å². The summed E-state index contributed by atoms with van der Waals surface area (Å²) in [5, 5.41) is 3.52. The van der Waals surface area contributed by atoms with Crippen LogP contribution in [0, 0.1) is 0 Å². The van der Waals surface area contributed by atoms with Crippen LogP contribution in [0.2, 0.25) is 5.02 Å². The summed E-state index contributed by atoms with van der Waals surface area (Å²) in [6.45, 7) is 2.13. The van der Waals surface area contributed by atoms with Crippen molar-refractivity contribution in [2.24, 2.45) is 0 Å². The third-order valence-corrected chi connectivity index (χ3v) is 4.95. The number of methoxy groups -OCH3 is 1. The van der Waals surface area contributed by atoms with Gasteiger partial charge in [-0.25, -0.2) is 13.1 Å². The van der Waals surface area contributed by atoms with E-state index in [1.54, 1.807) is 7.11 Å². The van der Waals surface area contributed by atoms with Gasteiger partial charge in [-0.2, -0.15) is 0 Å². The Labute approximate surface area is 139 Å². The molecule has 0 radical (unpaired) electrons. The van der Waals surface area contributed by atoms with Crippen LogP contribution in [0.25, 0.3) is 0 Å². The molecule has 0 heterocycles. The van der Waals surface area contributed by atoms with E-state index in [2.05, 4.69) is 26.0 Å². The number of benzene rings is 1. The van der Waals surface area contributed by atoms with Crippen molar-refractivity contribution in [2.45, 2.75) is 4.90 Å². The summed E-state index contributed by atoms with van der Waals surface area (Å²) in [5.41, 5.74) is 0. The van der Waals surface area contributed by atoms with Crippen molar-refractivity contribution in [3.05, 3.63) is 27.7 Å². The lowest BCUT2D eigenvalue weighted by Crippen LogP contribution is -2.33. The average Bonchev–Trinajstić information content (AvgIpc) is 2.36. The lowest BCUT2D eigenvalue weighted by molar-refractivity contribution is 0.199. The quantitative estimate of drug-likeness (QED) is 0.647. The molecule has 0 fully saturated rings. The highest BCUT2D eigenvalue weighted by atomic mass is 79.9. The van der Waals surface area contributed by atoms with Crippen LogP contribution >= 0.6 is 39.9 Å². The first-order chi connectivity index (χ1) is 8.97. The Kier molecular flexibility index (Phi) is 10.00. The van der Waals surface area contributed by atoms with Crippen molar-refractivity contribution in [3.8, 4) is 0 Å². The van der Waals surface area contributed by atoms with Crippen LogP contribution in [0.15, 0.2) is 27.6 Å². The molecule has 9 heteroatoms. The molecule has 1 aromatic rings. The average molecular weight is 408 g/mol. The standard InChI is InChI=1S/C11H16BrClN2O3S.ClH/c1-18-7-6-14-4-5-15-19(16,17)9-2-3-11(13)10(12)8-9;/h2-3,8,14-15H,4-7H2,1H3;1H. The molecule has 20 heavy (non-hydrogen) atoms. The van der Waals surface area contributed by atoms with Crippen molar-refractivity contribution < 1.29 is 13.2 Å².